The van der Waals surface area contributed by atoms with Gasteiger partial charge in [0.25, 0.3) is 0 Å². The maximum Gasteiger partial charge on any atom is 0.135 e. The predicted octanol–water partition coefficient (Wildman–Crippen LogP) is 7.85. The Morgan fingerprint density at radius 1 is 1.04 bits per heavy atom. The number of fused-ring (bicyclic) bond motifs is 1. The molecule has 0 fully saturated rings. The first kappa shape index (κ1) is 21.2. The average Bonchev–Trinajstić information content (AvgIpc) is 3.00. The summed E-state index contributed by atoms with van der Waals surface area (Å²) in [5.74, 6) is 0.448. The lowest BCUT2D eigenvalue weighted by molar-refractivity contribution is 0.561. The van der Waals surface area contributed by atoms with Gasteiger partial charge < -0.3 is 4.42 Å². The highest BCUT2D eigenvalue weighted by Crippen LogP contribution is 2.28. The highest BCUT2D eigenvalue weighted by molar-refractivity contribution is 9.10. The van der Waals surface area contributed by atoms with Crippen LogP contribution in [0.1, 0.15) is 32.1 Å². The Bertz CT molecular complexity index is 819. The van der Waals surface area contributed by atoms with E-state index in [9.17, 15) is 4.39 Å². The molecule has 26 heavy (non-hydrogen) atoms. The predicted molar refractivity (Wildman–Crippen MR) is 117 cm³/mol. The molecule has 0 radical (unpaired) electrons. The summed E-state index contributed by atoms with van der Waals surface area (Å²) in [5.41, 5.74) is 1.60. The molecule has 0 spiro atoms. The van der Waals surface area contributed by atoms with Gasteiger partial charge in [0, 0.05) is 30.1 Å². The van der Waals surface area contributed by atoms with Crippen LogP contribution in [0.15, 0.2) is 51.4 Å². The van der Waals surface area contributed by atoms with Gasteiger partial charge in [0.2, 0.25) is 0 Å². The highest BCUT2D eigenvalue weighted by atomic mass is 79.9. The molecule has 0 aliphatic rings. The van der Waals surface area contributed by atoms with Gasteiger partial charge in [-0.2, -0.15) is 0 Å². The van der Waals surface area contributed by atoms with Crippen LogP contribution in [0.4, 0.5) is 4.39 Å². The van der Waals surface area contributed by atoms with Crippen LogP contribution in [0.2, 0.25) is 23.2 Å². The SMILES string of the molecule is CC[SiH](CC)CC.Fc1cc(Cl)cc(Cc2cc3c(Br)cccc3o2)c1. The summed E-state index contributed by atoms with van der Waals surface area (Å²) in [4.78, 5) is 0. The third-order valence-electron chi connectivity index (χ3n) is 4.59. The van der Waals surface area contributed by atoms with Crippen molar-refractivity contribution in [3.63, 3.8) is 0 Å². The Balaban J connectivity index is 0.000000298. The van der Waals surface area contributed by atoms with Gasteiger partial charge in [-0.25, -0.2) is 4.39 Å². The second-order valence-electron chi connectivity index (χ2n) is 6.41. The summed E-state index contributed by atoms with van der Waals surface area (Å²) in [5, 5.41) is 1.41. The molecule has 1 nitrogen and oxygen atoms in total. The second kappa shape index (κ2) is 10.3. The third kappa shape index (κ3) is 5.97. The molecule has 0 N–H and O–H groups in total. The second-order valence-corrected chi connectivity index (χ2v) is 11.9. The van der Waals surface area contributed by atoms with E-state index >= 15 is 0 Å². The lowest BCUT2D eigenvalue weighted by Gasteiger charge is -2.03. The number of hydrogen-bond acceptors (Lipinski definition) is 1. The minimum atomic E-state index is -0.334. The molecule has 0 atom stereocenters. The summed E-state index contributed by atoms with van der Waals surface area (Å²) in [6.45, 7) is 6.97. The van der Waals surface area contributed by atoms with E-state index in [1.165, 1.54) is 30.3 Å². The van der Waals surface area contributed by atoms with Crippen molar-refractivity contribution in [1.82, 2.24) is 0 Å². The number of furan rings is 1. The summed E-state index contributed by atoms with van der Waals surface area (Å²) >= 11 is 9.32. The maximum atomic E-state index is 13.3. The first-order valence-electron chi connectivity index (χ1n) is 9.08. The summed E-state index contributed by atoms with van der Waals surface area (Å²) in [7, 11) is -0.171. The molecule has 0 unspecified atom stereocenters. The fourth-order valence-electron chi connectivity index (χ4n) is 2.95. The lowest BCUT2D eigenvalue weighted by atomic mass is 10.1. The third-order valence-corrected chi connectivity index (χ3v) is 8.97. The van der Waals surface area contributed by atoms with Crippen molar-refractivity contribution in [2.45, 2.75) is 45.3 Å². The molecular formula is C21H25BrClFOSi. The first-order valence-corrected chi connectivity index (χ1v) is 12.7. The van der Waals surface area contributed by atoms with Crippen molar-refractivity contribution in [2.75, 3.05) is 0 Å². The van der Waals surface area contributed by atoms with E-state index in [2.05, 4.69) is 36.7 Å². The van der Waals surface area contributed by atoms with E-state index in [-0.39, 0.29) is 14.6 Å². The number of halogens is 3. The summed E-state index contributed by atoms with van der Waals surface area (Å²) in [6, 6.07) is 16.7. The smallest absolute Gasteiger partial charge is 0.135 e. The van der Waals surface area contributed by atoms with Crippen molar-refractivity contribution in [3.8, 4) is 0 Å². The normalized spacial score (nSPS) is 10.9. The minimum absolute atomic E-state index is 0.171. The van der Waals surface area contributed by atoms with Crippen molar-refractivity contribution in [2.24, 2.45) is 0 Å². The molecule has 0 bridgehead atoms. The molecule has 0 aliphatic heterocycles. The van der Waals surface area contributed by atoms with Gasteiger partial charge in [0.05, 0.1) is 0 Å². The van der Waals surface area contributed by atoms with E-state index in [1.54, 1.807) is 6.07 Å². The Kier molecular flexibility index (Phi) is 8.39. The fourth-order valence-corrected chi connectivity index (χ4v) is 5.38. The van der Waals surface area contributed by atoms with Crippen molar-refractivity contribution < 1.29 is 8.81 Å². The fraction of sp³-hybridized carbons (Fsp3) is 0.333. The molecule has 1 heterocycles. The Morgan fingerprint density at radius 3 is 2.27 bits per heavy atom. The maximum absolute atomic E-state index is 13.3. The van der Waals surface area contributed by atoms with Gasteiger partial charge in [-0.15, -0.1) is 0 Å². The standard InChI is InChI=1S/C15H9BrClFO.C6H16Si/c16-14-2-1-3-15-13(14)8-12(19-15)6-9-4-10(17)7-11(18)5-9;1-4-7(5-2)6-3/h1-5,7-8H,6H2;7H,4-6H2,1-3H3. The quantitative estimate of drug-likeness (QED) is 0.357. The zero-order valence-electron chi connectivity index (χ0n) is 15.5. The Hall–Kier alpha value is -1.10. The van der Waals surface area contributed by atoms with Crippen LogP contribution >= 0.6 is 27.5 Å². The molecule has 140 valence electrons. The van der Waals surface area contributed by atoms with Crippen LogP contribution in [-0.4, -0.2) is 8.80 Å². The molecule has 0 amide bonds. The molecule has 2 aromatic carbocycles. The summed E-state index contributed by atoms with van der Waals surface area (Å²) in [6.07, 6.45) is 0.512. The van der Waals surface area contributed by atoms with Gasteiger partial charge in [-0.3, -0.25) is 0 Å². The first-order chi connectivity index (χ1) is 12.5. The van der Waals surface area contributed by atoms with E-state index in [4.69, 9.17) is 16.0 Å². The molecule has 0 aliphatic carbocycles. The molecule has 0 saturated heterocycles. The van der Waals surface area contributed by atoms with Gasteiger partial charge in [0.15, 0.2) is 0 Å². The zero-order valence-corrected chi connectivity index (χ0v) is 19.0. The van der Waals surface area contributed by atoms with E-state index in [0.29, 0.717) is 11.4 Å². The van der Waals surface area contributed by atoms with Crippen molar-refractivity contribution in [3.05, 3.63) is 69.1 Å². The van der Waals surface area contributed by atoms with Gasteiger partial charge in [-0.1, -0.05) is 72.5 Å². The van der Waals surface area contributed by atoms with E-state index in [1.807, 2.05) is 24.3 Å². The monoisotopic (exact) mass is 454 g/mol. The molecular weight excluding hydrogens is 431 g/mol. The Labute approximate surface area is 170 Å². The highest BCUT2D eigenvalue weighted by Gasteiger charge is 2.08. The Morgan fingerprint density at radius 2 is 1.73 bits per heavy atom. The van der Waals surface area contributed by atoms with Crippen molar-refractivity contribution >= 4 is 47.3 Å². The van der Waals surface area contributed by atoms with Gasteiger partial charge in [0.1, 0.15) is 17.2 Å². The van der Waals surface area contributed by atoms with Crippen LogP contribution < -0.4 is 0 Å². The number of rotatable bonds is 5. The average molecular weight is 456 g/mol. The zero-order chi connectivity index (χ0) is 19.1. The van der Waals surface area contributed by atoms with Crippen LogP contribution in [0.25, 0.3) is 11.0 Å². The van der Waals surface area contributed by atoms with Gasteiger partial charge >= 0.3 is 0 Å². The molecule has 0 saturated carbocycles. The minimum Gasteiger partial charge on any atom is -0.461 e. The van der Waals surface area contributed by atoms with Gasteiger partial charge in [-0.05, 0) is 42.0 Å². The van der Waals surface area contributed by atoms with E-state index < -0.39 is 0 Å². The van der Waals surface area contributed by atoms with Crippen LogP contribution in [0.3, 0.4) is 0 Å². The molecule has 3 rings (SSSR count). The van der Waals surface area contributed by atoms with E-state index in [0.717, 1.165) is 26.8 Å². The number of hydrogen-bond donors (Lipinski definition) is 0. The summed E-state index contributed by atoms with van der Waals surface area (Å²) < 4.78 is 20.0. The van der Waals surface area contributed by atoms with Crippen molar-refractivity contribution in [1.29, 1.82) is 0 Å². The van der Waals surface area contributed by atoms with Crippen LogP contribution in [0, 0.1) is 5.82 Å². The number of benzene rings is 2. The van der Waals surface area contributed by atoms with Crippen LogP contribution in [-0.2, 0) is 6.42 Å². The lowest BCUT2D eigenvalue weighted by Crippen LogP contribution is -2.04. The largest absolute Gasteiger partial charge is 0.461 e. The molecule has 5 heteroatoms. The topological polar surface area (TPSA) is 13.1 Å². The van der Waals surface area contributed by atoms with Crippen LogP contribution in [0.5, 0.6) is 0 Å². The molecule has 3 aromatic rings. The molecule has 1 aromatic heterocycles.